The van der Waals surface area contributed by atoms with Crippen LogP contribution in [0.15, 0.2) is 42.5 Å². The van der Waals surface area contributed by atoms with E-state index in [1.54, 1.807) is 32.4 Å². The molecule has 1 aliphatic heterocycles. The van der Waals surface area contributed by atoms with E-state index in [9.17, 15) is 4.79 Å². The molecule has 0 radical (unpaired) electrons. The lowest BCUT2D eigenvalue weighted by molar-refractivity contribution is -0.111. The highest BCUT2D eigenvalue weighted by molar-refractivity contribution is 6.31. The Morgan fingerprint density at radius 1 is 1.18 bits per heavy atom. The molecule has 1 fully saturated rings. The molecule has 6 nitrogen and oxygen atoms in total. The topological polar surface area (TPSA) is 60.0 Å². The number of benzene rings is 2. The van der Waals surface area contributed by atoms with Crippen molar-refractivity contribution in [1.29, 1.82) is 0 Å². The largest absolute Gasteiger partial charge is 0.493 e. The number of amides is 1. The van der Waals surface area contributed by atoms with E-state index < -0.39 is 0 Å². The SMILES string of the molecule is COc1cccc(/C=C/C(=O)Nc2cc(Cl)ccc2N2CCOCC2)c1OC. The van der Waals surface area contributed by atoms with Crippen LogP contribution in [0.5, 0.6) is 11.5 Å². The first-order chi connectivity index (χ1) is 13.6. The quantitative estimate of drug-likeness (QED) is 0.744. The van der Waals surface area contributed by atoms with Crippen molar-refractivity contribution in [2.45, 2.75) is 0 Å². The molecule has 1 heterocycles. The van der Waals surface area contributed by atoms with Crippen LogP contribution in [0.2, 0.25) is 5.02 Å². The van der Waals surface area contributed by atoms with Gasteiger partial charge >= 0.3 is 0 Å². The van der Waals surface area contributed by atoms with Crippen molar-refractivity contribution in [3.8, 4) is 11.5 Å². The molecule has 1 amide bonds. The van der Waals surface area contributed by atoms with E-state index in [2.05, 4.69) is 10.2 Å². The number of anilines is 2. The maximum Gasteiger partial charge on any atom is 0.248 e. The lowest BCUT2D eigenvalue weighted by atomic mass is 10.1. The van der Waals surface area contributed by atoms with E-state index in [1.165, 1.54) is 6.08 Å². The average molecular weight is 403 g/mol. The molecule has 1 N–H and O–H groups in total. The molecule has 1 aliphatic rings. The molecule has 148 valence electrons. The molecular formula is C21H23ClN2O4. The lowest BCUT2D eigenvalue weighted by Gasteiger charge is -2.30. The molecular weight excluding hydrogens is 380 g/mol. The molecule has 3 rings (SSSR count). The second-order valence-corrected chi connectivity index (χ2v) is 6.60. The zero-order valence-electron chi connectivity index (χ0n) is 15.9. The summed E-state index contributed by atoms with van der Waals surface area (Å²) >= 11 is 6.14. The van der Waals surface area contributed by atoms with Crippen LogP contribution in [0.3, 0.4) is 0 Å². The van der Waals surface area contributed by atoms with Crippen molar-refractivity contribution in [3.63, 3.8) is 0 Å². The van der Waals surface area contributed by atoms with Crippen LogP contribution in [0.25, 0.3) is 6.08 Å². The van der Waals surface area contributed by atoms with E-state index in [-0.39, 0.29) is 5.91 Å². The molecule has 28 heavy (non-hydrogen) atoms. The first-order valence-electron chi connectivity index (χ1n) is 8.94. The molecule has 7 heteroatoms. The van der Waals surface area contributed by atoms with Gasteiger partial charge in [-0.25, -0.2) is 0 Å². The van der Waals surface area contributed by atoms with Crippen LogP contribution < -0.4 is 19.7 Å². The zero-order valence-corrected chi connectivity index (χ0v) is 16.7. The Morgan fingerprint density at radius 3 is 2.68 bits per heavy atom. The molecule has 0 bridgehead atoms. The number of ether oxygens (including phenoxy) is 3. The molecule has 0 spiro atoms. The Hall–Kier alpha value is -2.70. The molecule has 0 aliphatic carbocycles. The van der Waals surface area contributed by atoms with Crippen molar-refractivity contribution in [3.05, 3.63) is 53.1 Å². The maximum absolute atomic E-state index is 12.5. The Labute approximate surface area is 169 Å². The van der Waals surface area contributed by atoms with Crippen LogP contribution in [-0.4, -0.2) is 46.4 Å². The predicted molar refractivity (Wildman–Crippen MR) is 112 cm³/mol. The number of hydrogen-bond donors (Lipinski definition) is 1. The zero-order chi connectivity index (χ0) is 19.9. The van der Waals surface area contributed by atoms with Gasteiger partial charge in [-0.15, -0.1) is 0 Å². The average Bonchev–Trinajstić information content (AvgIpc) is 2.72. The fraction of sp³-hybridized carbons (Fsp3) is 0.286. The summed E-state index contributed by atoms with van der Waals surface area (Å²) in [5.74, 6) is 0.918. The van der Waals surface area contributed by atoms with Gasteiger partial charge in [-0.1, -0.05) is 23.7 Å². The highest BCUT2D eigenvalue weighted by atomic mass is 35.5. The highest BCUT2D eigenvalue weighted by Gasteiger charge is 2.16. The summed E-state index contributed by atoms with van der Waals surface area (Å²) in [6.45, 7) is 2.85. The first-order valence-corrected chi connectivity index (χ1v) is 9.32. The van der Waals surface area contributed by atoms with Gasteiger partial charge in [0.1, 0.15) is 0 Å². The van der Waals surface area contributed by atoms with Gasteiger partial charge in [-0.2, -0.15) is 0 Å². The van der Waals surface area contributed by atoms with Crippen molar-refractivity contribution in [2.75, 3.05) is 50.7 Å². The number of methoxy groups -OCH3 is 2. The van der Waals surface area contributed by atoms with E-state index >= 15 is 0 Å². The van der Waals surface area contributed by atoms with E-state index in [1.807, 2.05) is 24.3 Å². The second-order valence-electron chi connectivity index (χ2n) is 6.17. The summed E-state index contributed by atoms with van der Waals surface area (Å²) in [7, 11) is 3.14. The number of nitrogens with zero attached hydrogens (tertiary/aromatic N) is 1. The monoisotopic (exact) mass is 402 g/mol. The number of hydrogen-bond acceptors (Lipinski definition) is 5. The van der Waals surface area contributed by atoms with E-state index in [4.69, 9.17) is 25.8 Å². The van der Waals surface area contributed by atoms with Crippen molar-refractivity contribution < 1.29 is 19.0 Å². The number of morpholine rings is 1. The minimum absolute atomic E-state index is 0.262. The summed E-state index contributed by atoms with van der Waals surface area (Å²) in [6.07, 6.45) is 3.15. The van der Waals surface area contributed by atoms with Gasteiger partial charge in [0, 0.05) is 29.8 Å². The van der Waals surface area contributed by atoms with Crippen LogP contribution in [0.4, 0.5) is 11.4 Å². The van der Waals surface area contributed by atoms with Gasteiger partial charge in [0.15, 0.2) is 11.5 Å². The number of rotatable bonds is 6. The third-order valence-electron chi connectivity index (χ3n) is 4.42. The third kappa shape index (κ3) is 4.77. The van der Waals surface area contributed by atoms with E-state index in [0.717, 1.165) is 24.3 Å². The molecule has 2 aromatic rings. The predicted octanol–water partition coefficient (Wildman–Crippen LogP) is 3.85. The fourth-order valence-corrected chi connectivity index (χ4v) is 3.24. The van der Waals surface area contributed by atoms with Crippen molar-refractivity contribution in [2.24, 2.45) is 0 Å². The Kier molecular flexibility index (Phi) is 6.79. The Morgan fingerprint density at radius 2 is 1.96 bits per heavy atom. The molecule has 0 aromatic heterocycles. The van der Waals surface area contributed by atoms with Crippen molar-refractivity contribution >= 4 is 35.0 Å². The molecule has 2 aromatic carbocycles. The molecule has 0 saturated carbocycles. The summed E-state index contributed by atoms with van der Waals surface area (Å²) in [6, 6.07) is 11.0. The number of halogens is 1. The Balaban J connectivity index is 1.78. The number of para-hydroxylation sites is 1. The minimum Gasteiger partial charge on any atom is -0.493 e. The molecule has 1 saturated heterocycles. The number of carbonyl (C=O) groups excluding carboxylic acids is 1. The number of nitrogens with one attached hydrogen (secondary N) is 1. The summed E-state index contributed by atoms with van der Waals surface area (Å²) in [5.41, 5.74) is 2.34. The smallest absolute Gasteiger partial charge is 0.248 e. The lowest BCUT2D eigenvalue weighted by Crippen LogP contribution is -2.36. The maximum atomic E-state index is 12.5. The molecule has 0 atom stereocenters. The van der Waals surface area contributed by atoms with Crippen LogP contribution in [0.1, 0.15) is 5.56 Å². The number of carbonyl (C=O) groups is 1. The van der Waals surface area contributed by atoms with Crippen LogP contribution in [0, 0.1) is 0 Å². The summed E-state index contributed by atoms with van der Waals surface area (Å²) < 4.78 is 16.1. The fourth-order valence-electron chi connectivity index (χ4n) is 3.07. The van der Waals surface area contributed by atoms with Gasteiger partial charge in [0.2, 0.25) is 5.91 Å². The first kappa shape index (κ1) is 20.0. The van der Waals surface area contributed by atoms with Gasteiger partial charge in [-0.3, -0.25) is 4.79 Å². The van der Waals surface area contributed by atoms with Gasteiger partial charge in [0.25, 0.3) is 0 Å². The van der Waals surface area contributed by atoms with E-state index in [0.29, 0.717) is 35.4 Å². The normalized spacial score (nSPS) is 14.2. The second kappa shape index (κ2) is 9.48. The standard InChI is InChI=1S/C21H23ClN2O4/c1-26-19-5-3-4-15(21(19)27-2)6-9-20(25)23-17-14-16(22)7-8-18(17)24-10-12-28-13-11-24/h3-9,14H,10-13H2,1-2H3,(H,23,25)/b9-6+. The van der Waals surface area contributed by atoms with Crippen LogP contribution in [-0.2, 0) is 9.53 Å². The highest BCUT2D eigenvalue weighted by Crippen LogP contribution is 2.32. The Bertz CT molecular complexity index is 863. The summed E-state index contributed by atoms with van der Waals surface area (Å²) in [4.78, 5) is 14.7. The minimum atomic E-state index is -0.262. The summed E-state index contributed by atoms with van der Waals surface area (Å²) in [5, 5.41) is 3.48. The van der Waals surface area contributed by atoms with Gasteiger partial charge < -0.3 is 24.4 Å². The molecule has 0 unspecified atom stereocenters. The van der Waals surface area contributed by atoms with Gasteiger partial charge in [0.05, 0.1) is 38.8 Å². The van der Waals surface area contributed by atoms with Crippen molar-refractivity contribution in [1.82, 2.24) is 0 Å². The van der Waals surface area contributed by atoms with Crippen LogP contribution >= 0.6 is 11.6 Å². The third-order valence-corrected chi connectivity index (χ3v) is 4.65. The van der Waals surface area contributed by atoms with Gasteiger partial charge in [-0.05, 0) is 30.3 Å².